The van der Waals surface area contributed by atoms with Crippen LogP contribution in [0.3, 0.4) is 0 Å². The summed E-state index contributed by atoms with van der Waals surface area (Å²) in [5, 5.41) is 10.8. The highest BCUT2D eigenvalue weighted by atomic mass is 35.5. The molecule has 1 N–H and O–H groups in total. The van der Waals surface area contributed by atoms with E-state index in [1.54, 1.807) is 6.92 Å². The number of rotatable bonds is 4. The van der Waals surface area contributed by atoms with Crippen molar-refractivity contribution in [2.24, 2.45) is 0 Å². The van der Waals surface area contributed by atoms with Crippen molar-refractivity contribution in [2.75, 3.05) is 13.2 Å². The first kappa shape index (κ1) is 16.2. The molecule has 0 bridgehead atoms. The molecule has 0 atom stereocenters. The molecule has 2 rings (SSSR count). The minimum atomic E-state index is -3.83. The molecule has 1 fully saturated rings. The number of nitrogens with one attached hydrogen (secondary N) is 1. The van der Waals surface area contributed by atoms with Crippen LogP contribution in [0, 0.1) is 17.0 Å². The molecule has 0 radical (unpaired) electrons. The van der Waals surface area contributed by atoms with Crippen LogP contribution in [0.4, 0.5) is 5.69 Å². The second-order valence-electron chi connectivity index (χ2n) is 4.83. The van der Waals surface area contributed by atoms with Crippen LogP contribution >= 0.6 is 11.6 Å². The summed E-state index contributed by atoms with van der Waals surface area (Å²) in [7, 11) is -3.83. The first-order valence-electron chi connectivity index (χ1n) is 6.36. The molecular weight excluding hydrogens is 320 g/mol. The molecule has 0 aromatic heterocycles. The molecule has 1 heterocycles. The van der Waals surface area contributed by atoms with Gasteiger partial charge in [0.1, 0.15) is 5.02 Å². The molecule has 0 amide bonds. The molecular formula is C12H15ClN2O5S. The van der Waals surface area contributed by atoms with Gasteiger partial charge in [0.05, 0.1) is 9.82 Å². The van der Waals surface area contributed by atoms with Gasteiger partial charge in [-0.2, -0.15) is 0 Å². The molecule has 1 aromatic carbocycles. The van der Waals surface area contributed by atoms with E-state index < -0.39 is 20.6 Å². The van der Waals surface area contributed by atoms with Crippen LogP contribution in [-0.4, -0.2) is 32.6 Å². The zero-order valence-corrected chi connectivity index (χ0v) is 12.9. The highest BCUT2D eigenvalue weighted by Crippen LogP contribution is 2.30. The molecule has 0 saturated carbocycles. The van der Waals surface area contributed by atoms with Crippen molar-refractivity contribution < 1.29 is 18.1 Å². The van der Waals surface area contributed by atoms with Crippen molar-refractivity contribution in [1.82, 2.24) is 4.72 Å². The maximum absolute atomic E-state index is 12.4. The Bertz CT molecular complexity index is 656. The lowest BCUT2D eigenvalue weighted by molar-refractivity contribution is -0.384. The second kappa shape index (κ2) is 6.27. The van der Waals surface area contributed by atoms with Crippen molar-refractivity contribution >= 4 is 27.3 Å². The fourth-order valence-corrected chi connectivity index (χ4v) is 4.01. The summed E-state index contributed by atoms with van der Waals surface area (Å²) in [6.45, 7) is 2.54. The Labute approximate surface area is 127 Å². The van der Waals surface area contributed by atoms with E-state index in [2.05, 4.69) is 4.72 Å². The van der Waals surface area contributed by atoms with Gasteiger partial charge in [0.25, 0.3) is 5.69 Å². The Kier molecular flexibility index (Phi) is 4.82. The zero-order valence-electron chi connectivity index (χ0n) is 11.3. The Hall–Kier alpha value is -1.22. The third-order valence-corrected chi connectivity index (χ3v) is 5.24. The molecule has 0 spiro atoms. The number of sulfonamides is 1. The number of nitro groups is 1. The van der Waals surface area contributed by atoms with Gasteiger partial charge in [-0.25, -0.2) is 13.1 Å². The maximum Gasteiger partial charge on any atom is 0.289 e. The molecule has 1 aliphatic heterocycles. The molecule has 21 heavy (non-hydrogen) atoms. The van der Waals surface area contributed by atoms with Gasteiger partial charge in [0.15, 0.2) is 0 Å². The molecule has 1 saturated heterocycles. The molecule has 0 aliphatic carbocycles. The van der Waals surface area contributed by atoms with Gasteiger partial charge in [-0.05, 0) is 31.4 Å². The number of aryl methyl sites for hydroxylation is 1. The minimum Gasteiger partial charge on any atom is -0.381 e. The zero-order chi connectivity index (χ0) is 15.6. The van der Waals surface area contributed by atoms with Crippen LogP contribution in [0.1, 0.15) is 18.4 Å². The van der Waals surface area contributed by atoms with E-state index in [0.717, 1.165) is 6.07 Å². The normalized spacial score (nSPS) is 16.9. The summed E-state index contributed by atoms with van der Waals surface area (Å²) < 4.78 is 32.5. The Morgan fingerprint density at radius 1 is 1.38 bits per heavy atom. The van der Waals surface area contributed by atoms with Crippen molar-refractivity contribution in [2.45, 2.75) is 30.7 Å². The van der Waals surface area contributed by atoms with E-state index in [1.165, 1.54) is 6.07 Å². The topological polar surface area (TPSA) is 98.5 Å². The average molecular weight is 335 g/mol. The molecule has 1 aliphatic rings. The van der Waals surface area contributed by atoms with Crippen LogP contribution in [0.15, 0.2) is 17.0 Å². The van der Waals surface area contributed by atoms with E-state index in [9.17, 15) is 18.5 Å². The van der Waals surface area contributed by atoms with Gasteiger partial charge in [-0.15, -0.1) is 0 Å². The fourth-order valence-electron chi connectivity index (χ4n) is 2.17. The first-order valence-corrected chi connectivity index (χ1v) is 8.22. The van der Waals surface area contributed by atoms with Crippen molar-refractivity contribution in [3.63, 3.8) is 0 Å². The van der Waals surface area contributed by atoms with Gasteiger partial charge >= 0.3 is 0 Å². The second-order valence-corrected chi connectivity index (χ2v) is 6.92. The van der Waals surface area contributed by atoms with Crippen LogP contribution in [0.5, 0.6) is 0 Å². The van der Waals surface area contributed by atoms with E-state index in [4.69, 9.17) is 16.3 Å². The minimum absolute atomic E-state index is 0.0810. The smallest absolute Gasteiger partial charge is 0.289 e. The predicted molar refractivity (Wildman–Crippen MR) is 77.0 cm³/mol. The van der Waals surface area contributed by atoms with E-state index in [-0.39, 0.29) is 16.0 Å². The largest absolute Gasteiger partial charge is 0.381 e. The first-order chi connectivity index (χ1) is 9.81. The Morgan fingerprint density at radius 2 is 2.00 bits per heavy atom. The number of ether oxygens (including phenoxy) is 1. The summed E-state index contributed by atoms with van der Waals surface area (Å²) in [5.74, 6) is 0. The predicted octanol–water partition coefficient (Wildman–Crippen LogP) is 2.01. The molecule has 7 nitrogen and oxygen atoms in total. The number of halogens is 1. The van der Waals surface area contributed by atoms with Crippen molar-refractivity contribution in [3.8, 4) is 0 Å². The van der Waals surface area contributed by atoms with Gasteiger partial charge < -0.3 is 4.74 Å². The average Bonchev–Trinajstić information content (AvgIpc) is 2.38. The fraction of sp³-hybridized carbons (Fsp3) is 0.500. The molecule has 0 unspecified atom stereocenters. The Morgan fingerprint density at radius 3 is 2.57 bits per heavy atom. The number of hydrogen-bond acceptors (Lipinski definition) is 5. The lowest BCUT2D eigenvalue weighted by Crippen LogP contribution is -2.39. The number of benzene rings is 1. The van der Waals surface area contributed by atoms with E-state index >= 15 is 0 Å². The van der Waals surface area contributed by atoms with E-state index in [0.29, 0.717) is 31.6 Å². The van der Waals surface area contributed by atoms with Gasteiger partial charge in [-0.3, -0.25) is 10.1 Å². The standard InChI is InChI=1S/C12H15ClN2O5S/c1-8-6-10(13)11(15(16)17)7-12(8)21(18,19)14-9-2-4-20-5-3-9/h6-7,9,14H,2-5H2,1H3. The highest BCUT2D eigenvalue weighted by molar-refractivity contribution is 7.89. The Balaban J connectivity index is 2.34. The molecule has 116 valence electrons. The van der Waals surface area contributed by atoms with Crippen LogP contribution in [-0.2, 0) is 14.8 Å². The van der Waals surface area contributed by atoms with Crippen LogP contribution in [0.2, 0.25) is 5.02 Å². The quantitative estimate of drug-likeness (QED) is 0.670. The highest BCUT2D eigenvalue weighted by Gasteiger charge is 2.26. The van der Waals surface area contributed by atoms with Crippen LogP contribution in [0.25, 0.3) is 0 Å². The number of nitro benzene ring substituents is 1. The lowest BCUT2D eigenvalue weighted by atomic mass is 10.1. The number of nitrogens with zero attached hydrogens (tertiary/aromatic N) is 1. The van der Waals surface area contributed by atoms with Gasteiger partial charge in [-0.1, -0.05) is 11.6 Å². The monoisotopic (exact) mass is 334 g/mol. The van der Waals surface area contributed by atoms with Crippen LogP contribution < -0.4 is 4.72 Å². The summed E-state index contributed by atoms with van der Waals surface area (Å²) in [6, 6.07) is 2.07. The summed E-state index contributed by atoms with van der Waals surface area (Å²) in [6.07, 6.45) is 1.15. The van der Waals surface area contributed by atoms with E-state index in [1.807, 2.05) is 0 Å². The SMILES string of the molecule is Cc1cc(Cl)c([N+](=O)[O-])cc1S(=O)(=O)NC1CCOCC1. The summed E-state index contributed by atoms with van der Waals surface area (Å²) in [4.78, 5) is 10.1. The van der Waals surface area contributed by atoms with Crippen molar-refractivity contribution in [1.29, 1.82) is 0 Å². The number of hydrogen-bond donors (Lipinski definition) is 1. The van der Waals surface area contributed by atoms with Gasteiger partial charge in [0, 0.05) is 25.3 Å². The molecule has 1 aromatic rings. The molecule has 9 heteroatoms. The summed E-state index contributed by atoms with van der Waals surface area (Å²) >= 11 is 5.77. The maximum atomic E-state index is 12.4. The van der Waals surface area contributed by atoms with Crippen molar-refractivity contribution in [3.05, 3.63) is 32.8 Å². The van der Waals surface area contributed by atoms with Gasteiger partial charge in [0.2, 0.25) is 10.0 Å². The third kappa shape index (κ3) is 3.70. The lowest BCUT2D eigenvalue weighted by Gasteiger charge is -2.23. The third-order valence-electron chi connectivity index (χ3n) is 3.27. The summed E-state index contributed by atoms with van der Waals surface area (Å²) in [5.41, 5.74) is -0.0558.